The highest BCUT2D eigenvalue weighted by molar-refractivity contribution is 5.87. The molecule has 0 saturated carbocycles. The number of ether oxygens (including phenoxy) is 1. The zero-order chi connectivity index (χ0) is 13.9. The number of esters is 1. The van der Waals surface area contributed by atoms with E-state index >= 15 is 0 Å². The molecule has 7 heteroatoms. The SMILES string of the molecule is CCOC(=O)c1coc(N2CCN(C3CNC3)CC2)n1. The van der Waals surface area contributed by atoms with E-state index in [0.717, 1.165) is 39.3 Å². The Balaban J connectivity index is 1.56. The zero-order valence-electron chi connectivity index (χ0n) is 11.7. The fourth-order valence-corrected chi connectivity index (χ4v) is 2.52. The molecule has 110 valence electrons. The van der Waals surface area contributed by atoms with Crippen LogP contribution in [0.3, 0.4) is 0 Å². The summed E-state index contributed by atoms with van der Waals surface area (Å²) >= 11 is 0. The quantitative estimate of drug-likeness (QED) is 0.775. The van der Waals surface area contributed by atoms with Crippen molar-refractivity contribution in [3.63, 3.8) is 0 Å². The highest BCUT2D eigenvalue weighted by atomic mass is 16.5. The second kappa shape index (κ2) is 5.80. The van der Waals surface area contributed by atoms with Crippen LogP contribution in [-0.4, -0.2) is 67.8 Å². The summed E-state index contributed by atoms with van der Waals surface area (Å²) in [5, 5.41) is 3.29. The van der Waals surface area contributed by atoms with E-state index in [4.69, 9.17) is 9.15 Å². The highest BCUT2D eigenvalue weighted by Crippen LogP contribution is 2.18. The minimum absolute atomic E-state index is 0.243. The third-order valence-electron chi connectivity index (χ3n) is 3.84. The first-order chi connectivity index (χ1) is 9.78. The normalized spacial score (nSPS) is 20.8. The van der Waals surface area contributed by atoms with Gasteiger partial charge >= 0.3 is 5.97 Å². The van der Waals surface area contributed by atoms with Crippen LogP contribution in [0.2, 0.25) is 0 Å². The summed E-state index contributed by atoms with van der Waals surface area (Å²) in [7, 11) is 0. The Morgan fingerprint density at radius 3 is 2.80 bits per heavy atom. The third kappa shape index (κ3) is 2.64. The van der Waals surface area contributed by atoms with E-state index in [1.165, 1.54) is 6.26 Å². The van der Waals surface area contributed by atoms with Gasteiger partial charge in [0.15, 0.2) is 5.69 Å². The van der Waals surface area contributed by atoms with Crippen molar-refractivity contribution in [1.29, 1.82) is 0 Å². The molecule has 7 nitrogen and oxygen atoms in total. The van der Waals surface area contributed by atoms with Crippen molar-refractivity contribution in [2.75, 3.05) is 50.8 Å². The van der Waals surface area contributed by atoms with Gasteiger partial charge in [-0.2, -0.15) is 4.98 Å². The maximum Gasteiger partial charge on any atom is 0.360 e. The van der Waals surface area contributed by atoms with Crippen molar-refractivity contribution >= 4 is 12.0 Å². The van der Waals surface area contributed by atoms with Crippen molar-refractivity contribution in [3.05, 3.63) is 12.0 Å². The van der Waals surface area contributed by atoms with Crippen LogP contribution >= 0.6 is 0 Å². The first kappa shape index (κ1) is 13.4. The Kier molecular flexibility index (Phi) is 3.88. The number of oxazole rings is 1. The molecule has 0 aliphatic carbocycles. The largest absolute Gasteiger partial charge is 0.461 e. The number of anilines is 1. The second-order valence-corrected chi connectivity index (χ2v) is 5.07. The Hall–Kier alpha value is -1.60. The number of nitrogens with zero attached hydrogens (tertiary/aromatic N) is 3. The summed E-state index contributed by atoms with van der Waals surface area (Å²) < 4.78 is 10.3. The van der Waals surface area contributed by atoms with E-state index in [2.05, 4.69) is 20.1 Å². The molecule has 1 aromatic heterocycles. The van der Waals surface area contributed by atoms with Crippen molar-refractivity contribution in [3.8, 4) is 0 Å². The number of nitrogens with one attached hydrogen (secondary N) is 1. The third-order valence-corrected chi connectivity index (χ3v) is 3.84. The van der Waals surface area contributed by atoms with E-state index in [-0.39, 0.29) is 5.69 Å². The molecule has 2 saturated heterocycles. The van der Waals surface area contributed by atoms with E-state index < -0.39 is 5.97 Å². The molecule has 1 aromatic rings. The van der Waals surface area contributed by atoms with Crippen molar-refractivity contribution < 1.29 is 13.9 Å². The zero-order valence-corrected chi connectivity index (χ0v) is 11.7. The number of rotatable bonds is 4. The average molecular weight is 280 g/mol. The lowest BCUT2D eigenvalue weighted by atomic mass is 10.1. The monoisotopic (exact) mass is 280 g/mol. The van der Waals surface area contributed by atoms with Gasteiger partial charge in [-0.05, 0) is 6.92 Å². The van der Waals surface area contributed by atoms with Crippen LogP contribution < -0.4 is 10.2 Å². The standard InChI is InChI=1S/C13H20N4O3/c1-2-19-12(18)11-9-20-13(15-11)17-5-3-16(4-6-17)10-7-14-8-10/h9-10,14H,2-8H2,1H3. The molecule has 3 heterocycles. The molecule has 0 radical (unpaired) electrons. The van der Waals surface area contributed by atoms with Crippen LogP contribution in [-0.2, 0) is 4.74 Å². The first-order valence-electron chi connectivity index (χ1n) is 7.10. The van der Waals surface area contributed by atoms with Gasteiger partial charge in [-0.3, -0.25) is 4.90 Å². The van der Waals surface area contributed by atoms with Gasteiger partial charge in [0.05, 0.1) is 6.61 Å². The predicted octanol–water partition coefficient (Wildman–Crippen LogP) is -0.0549. The molecule has 0 amide bonds. The van der Waals surface area contributed by atoms with Gasteiger partial charge in [0.1, 0.15) is 6.26 Å². The Bertz CT molecular complexity index is 464. The van der Waals surface area contributed by atoms with Crippen LogP contribution in [0.5, 0.6) is 0 Å². The van der Waals surface area contributed by atoms with Gasteiger partial charge in [-0.1, -0.05) is 0 Å². The lowest BCUT2D eigenvalue weighted by molar-refractivity contribution is 0.0519. The number of carbonyl (C=O) groups excluding carboxylic acids is 1. The maximum atomic E-state index is 11.6. The van der Waals surface area contributed by atoms with E-state index in [1.807, 2.05) is 0 Å². The van der Waals surface area contributed by atoms with E-state index in [0.29, 0.717) is 18.7 Å². The van der Waals surface area contributed by atoms with Gasteiger partial charge in [0, 0.05) is 45.3 Å². The number of hydrogen-bond donors (Lipinski definition) is 1. The van der Waals surface area contributed by atoms with Crippen LogP contribution in [0.4, 0.5) is 6.01 Å². The van der Waals surface area contributed by atoms with Gasteiger partial charge in [-0.15, -0.1) is 0 Å². The Morgan fingerprint density at radius 1 is 1.45 bits per heavy atom. The van der Waals surface area contributed by atoms with Crippen LogP contribution in [0.25, 0.3) is 0 Å². The van der Waals surface area contributed by atoms with Crippen LogP contribution in [0.1, 0.15) is 17.4 Å². The number of aromatic nitrogens is 1. The van der Waals surface area contributed by atoms with Crippen molar-refractivity contribution in [2.24, 2.45) is 0 Å². The summed E-state index contributed by atoms with van der Waals surface area (Å²) in [6.07, 6.45) is 1.37. The predicted molar refractivity (Wildman–Crippen MR) is 72.9 cm³/mol. The molecule has 2 fully saturated rings. The van der Waals surface area contributed by atoms with E-state index in [9.17, 15) is 4.79 Å². The molecule has 0 aromatic carbocycles. The minimum atomic E-state index is -0.429. The van der Waals surface area contributed by atoms with E-state index in [1.54, 1.807) is 6.92 Å². The molecule has 20 heavy (non-hydrogen) atoms. The fraction of sp³-hybridized carbons (Fsp3) is 0.692. The lowest BCUT2D eigenvalue weighted by Crippen LogP contribution is -2.61. The summed E-state index contributed by atoms with van der Waals surface area (Å²) in [4.78, 5) is 20.3. The topological polar surface area (TPSA) is 70.8 Å². The first-order valence-corrected chi connectivity index (χ1v) is 7.10. The molecule has 0 spiro atoms. The summed E-state index contributed by atoms with van der Waals surface area (Å²) in [5.41, 5.74) is 0.243. The summed E-state index contributed by atoms with van der Waals surface area (Å²) in [6.45, 7) is 8.05. The molecule has 2 aliphatic rings. The average Bonchev–Trinajstić information content (AvgIpc) is 2.87. The molecule has 0 unspecified atom stereocenters. The molecule has 2 aliphatic heterocycles. The Morgan fingerprint density at radius 2 is 2.20 bits per heavy atom. The highest BCUT2D eigenvalue weighted by Gasteiger charge is 2.29. The fourth-order valence-electron chi connectivity index (χ4n) is 2.52. The number of hydrogen-bond acceptors (Lipinski definition) is 7. The molecule has 0 bridgehead atoms. The van der Waals surface area contributed by atoms with Crippen molar-refractivity contribution in [2.45, 2.75) is 13.0 Å². The molecule has 0 atom stereocenters. The van der Waals surface area contributed by atoms with Crippen LogP contribution in [0, 0.1) is 0 Å². The Labute approximate surface area is 117 Å². The van der Waals surface area contributed by atoms with Gasteiger partial charge in [0.25, 0.3) is 6.01 Å². The summed E-state index contributed by atoms with van der Waals surface area (Å²) in [6, 6.07) is 1.19. The lowest BCUT2D eigenvalue weighted by Gasteiger charge is -2.42. The number of carbonyl (C=O) groups is 1. The van der Waals surface area contributed by atoms with Gasteiger partial charge in [0.2, 0.25) is 0 Å². The van der Waals surface area contributed by atoms with Gasteiger partial charge in [-0.25, -0.2) is 4.79 Å². The second-order valence-electron chi connectivity index (χ2n) is 5.07. The summed E-state index contributed by atoms with van der Waals surface area (Å²) in [5.74, 6) is -0.429. The number of piperazine rings is 1. The molecular weight excluding hydrogens is 260 g/mol. The molecule has 3 rings (SSSR count). The molecule has 1 N–H and O–H groups in total. The minimum Gasteiger partial charge on any atom is -0.461 e. The maximum absolute atomic E-state index is 11.6. The van der Waals surface area contributed by atoms with Crippen LogP contribution in [0.15, 0.2) is 10.7 Å². The van der Waals surface area contributed by atoms with Crippen molar-refractivity contribution in [1.82, 2.24) is 15.2 Å². The van der Waals surface area contributed by atoms with Gasteiger partial charge < -0.3 is 19.4 Å². The molecular formula is C13H20N4O3. The smallest absolute Gasteiger partial charge is 0.360 e.